The van der Waals surface area contributed by atoms with E-state index in [1.165, 1.54) is 25.2 Å². The summed E-state index contributed by atoms with van der Waals surface area (Å²) in [5, 5.41) is 12.3. The number of benzene rings is 4. The lowest BCUT2D eigenvalue weighted by atomic mass is 9.50. The first-order valence-corrected chi connectivity index (χ1v) is 19.4. The first kappa shape index (κ1) is 38.8. The van der Waals surface area contributed by atoms with Gasteiger partial charge in [0.25, 0.3) is 11.8 Å². The minimum Gasteiger partial charge on any atom is -0.502 e. The predicted octanol–water partition coefficient (Wildman–Crippen LogP) is 8.10. The number of aromatic hydroxyl groups is 1. The number of nitrogens with one attached hydrogen (secondary N) is 1. The molecule has 0 radical (unpaired) electrons. The van der Waals surface area contributed by atoms with Crippen molar-refractivity contribution in [1.29, 1.82) is 0 Å². The molecule has 2 aliphatic heterocycles. The van der Waals surface area contributed by atoms with Gasteiger partial charge in [0.05, 0.1) is 60.9 Å². The second-order valence-corrected chi connectivity index (χ2v) is 15.5. The van der Waals surface area contributed by atoms with E-state index in [-0.39, 0.29) is 52.6 Å². The Morgan fingerprint density at radius 2 is 1.52 bits per heavy atom. The zero-order valence-corrected chi connectivity index (χ0v) is 33.3. The second-order valence-electron chi connectivity index (χ2n) is 14.7. The minimum absolute atomic E-state index is 0.101. The van der Waals surface area contributed by atoms with Crippen molar-refractivity contribution in [2.45, 2.75) is 18.3 Å². The molecule has 11 nitrogen and oxygen atoms in total. The summed E-state index contributed by atoms with van der Waals surface area (Å²) >= 11 is 12.8. The minimum atomic E-state index is -1.54. The average molecular weight is 821 g/mol. The molecule has 0 aromatic heterocycles. The molecule has 2 aliphatic carbocycles. The van der Waals surface area contributed by atoms with E-state index in [1.807, 2.05) is 12.2 Å². The number of rotatable bonds is 10. The third-order valence-corrected chi connectivity index (χ3v) is 12.6. The third-order valence-electron chi connectivity index (χ3n) is 12.0. The number of amides is 4. The number of phenolic OH excluding ortho intramolecular Hbond substituents is 1. The van der Waals surface area contributed by atoms with E-state index in [2.05, 4.69) is 12.0 Å². The van der Waals surface area contributed by atoms with Crippen molar-refractivity contribution < 1.29 is 38.5 Å². The van der Waals surface area contributed by atoms with Gasteiger partial charge in [-0.2, -0.15) is 5.01 Å². The summed E-state index contributed by atoms with van der Waals surface area (Å²) in [6.07, 6.45) is 7.65. The molecule has 58 heavy (non-hydrogen) atoms. The van der Waals surface area contributed by atoms with E-state index >= 15 is 4.79 Å². The highest BCUT2D eigenvalue weighted by molar-refractivity contribution is 6.36. The Bertz CT molecular complexity index is 2410. The fourth-order valence-corrected chi connectivity index (χ4v) is 9.77. The Morgan fingerprint density at radius 3 is 2.14 bits per heavy atom. The molecule has 4 amide bonds. The van der Waals surface area contributed by atoms with Crippen LogP contribution in [0.4, 0.5) is 11.4 Å². The number of hydrogen-bond acceptors (Lipinski definition) is 9. The molecular formula is C45H39Cl2N3O8. The number of nitrogens with zero attached hydrogens (tertiary/aromatic N) is 2. The number of allylic oxidation sites excluding steroid dienone is 3. The molecule has 1 saturated carbocycles. The summed E-state index contributed by atoms with van der Waals surface area (Å²) in [5.41, 5.74) is 4.93. The first-order valence-electron chi connectivity index (χ1n) is 18.6. The van der Waals surface area contributed by atoms with Crippen molar-refractivity contribution in [2.24, 2.45) is 29.6 Å². The molecule has 4 aromatic carbocycles. The van der Waals surface area contributed by atoms with Crippen molar-refractivity contribution in [2.75, 3.05) is 31.7 Å². The predicted molar refractivity (Wildman–Crippen MR) is 221 cm³/mol. The van der Waals surface area contributed by atoms with E-state index < -0.39 is 46.8 Å². The monoisotopic (exact) mass is 819 g/mol. The normalized spacial score (nSPS) is 25.0. The second kappa shape index (κ2) is 15.0. The molecule has 2 saturated heterocycles. The van der Waals surface area contributed by atoms with E-state index in [0.717, 1.165) is 16.1 Å². The van der Waals surface area contributed by atoms with Crippen molar-refractivity contribution >= 4 is 70.4 Å². The SMILES string of the molecule is C=Cc1ccc(N2C(=O)C3CC=C4C(CC5C(=O)N(Nc6ccc(Cl)cc6Cl)C(=O)C5(c5ccc(OC)cc5)C4C=Cc4cc(OC)c(O)c(OC)c4)C3C2=O)cc1. The summed E-state index contributed by atoms with van der Waals surface area (Å²) in [6.45, 7) is 3.80. The Labute approximate surface area is 345 Å². The van der Waals surface area contributed by atoms with Crippen molar-refractivity contribution in [3.63, 3.8) is 0 Å². The molecule has 0 spiro atoms. The number of halogens is 2. The zero-order chi connectivity index (χ0) is 41.0. The van der Waals surface area contributed by atoms with Gasteiger partial charge in [-0.3, -0.25) is 29.5 Å². The number of anilines is 2. The highest BCUT2D eigenvalue weighted by Crippen LogP contribution is 2.62. The number of hydrogen-bond donors (Lipinski definition) is 2. The van der Waals surface area contributed by atoms with Crippen LogP contribution in [-0.2, 0) is 24.6 Å². The Morgan fingerprint density at radius 1 is 0.828 bits per heavy atom. The lowest BCUT2D eigenvalue weighted by Gasteiger charge is -2.49. The number of carbonyl (C=O) groups excluding carboxylic acids is 4. The molecular weight excluding hydrogens is 781 g/mol. The van der Waals surface area contributed by atoms with E-state index in [0.29, 0.717) is 27.6 Å². The topological polar surface area (TPSA) is 135 Å². The lowest BCUT2D eigenvalue weighted by Crippen LogP contribution is -2.54. The average Bonchev–Trinajstić information content (AvgIpc) is 3.62. The molecule has 0 bridgehead atoms. The Hall–Kier alpha value is -6.04. The highest BCUT2D eigenvalue weighted by Gasteiger charge is 2.69. The molecule has 2 N–H and O–H groups in total. The molecule has 4 aromatic rings. The molecule has 13 heteroatoms. The van der Waals surface area contributed by atoms with E-state index in [9.17, 15) is 19.5 Å². The van der Waals surface area contributed by atoms with Crippen LogP contribution in [0.2, 0.25) is 10.0 Å². The van der Waals surface area contributed by atoms with Crippen LogP contribution in [0.5, 0.6) is 23.0 Å². The molecule has 2 heterocycles. The van der Waals surface area contributed by atoms with Gasteiger partial charge in [0.15, 0.2) is 11.5 Å². The standard InChI is InChI=1S/C45H39Cl2N3O8/c1-5-24-6-12-28(13-7-24)49-41(52)31-17-16-30-32(39(31)43(49)54)23-34-42(53)50(48-36-19-11-27(46)22-35(36)47)44(55)45(34,26-9-14-29(56-2)15-10-26)33(30)18-8-25-20-37(57-3)40(51)38(21-25)58-4/h5-16,18-22,31-34,39,48,51H,1,17,23H2,2-4H3. The van der Waals surface area contributed by atoms with Gasteiger partial charge < -0.3 is 19.3 Å². The van der Waals surface area contributed by atoms with E-state index in [1.54, 1.807) is 92.1 Å². The van der Waals surface area contributed by atoms with Crippen LogP contribution in [0.15, 0.2) is 103 Å². The molecule has 3 fully saturated rings. The van der Waals surface area contributed by atoms with Gasteiger partial charge in [0.1, 0.15) is 5.75 Å². The van der Waals surface area contributed by atoms with Crippen molar-refractivity contribution in [1.82, 2.24) is 5.01 Å². The zero-order valence-electron chi connectivity index (χ0n) is 31.8. The van der Waals surface area contributed by atoms with Crippen LogP contribution in [0, 0.1) is 29.6 Å². The molecule has 6 atom stereocenters. The van der Waals surface area contributed by atoms with Gasteiger partial charge >= 0.3 is 0 Å². The quantitative estimate of drug-likeness (QED) is 0.120. The fraction of sp³-hybridized carbons (Fsp3) is 0.244. The smallest absolute Gasteiger partial charge is 0.260 e. The van der Waals surface area contributed by atoms with Crippen molar-refractivity contribution in [3.05, 3.63) is 130 Å². The summed E-state index contributed by atoms with van der Waals surface area (Å²) in [7, 11) is 4.39. The number of phenols is 1. The van der Waals surface area contributed by atoms with Crippen LogP contribution in [0.3, 0.4) is 0 Å². The summed E-state index contributed by atoms with van der Waals surface area (Å²) in [5.74, 6) is -4.88. The molecule has 296 valence electrons. The van der Waals surface area contributed by atoms with Crippen LogP contribution in [0.25, 0.3) is 12.2 Å². The maximum Gasteiger partial charge on any atom is 0.260 e. The van der Waals surface area contributed by atoms with Crippen LogP contribution in [0.1, 0.15) is 29.5 Å². The highest BCUT2D eigenvalue weighted by atomic mass is 35.5. The third kappa shape index (κ3) is 6.03. The summed E-state index contributed by atoms with van der Waals surface area (Å²) in [6, 6.07) is 22.1. The summed E-state index contributed by atoms with van der Waals surface area (Å²) in [4.78, 5) is 60.5. The van der Waals surface area contributed by atoms with Gasteiger partial charge in [0.2, 0.25) is 17.6 Å². The van der Waals surface area contributed by atoms with Crippen LogP contribution >= 0.6 is 23.2 Å². The summed E-state index contributed by atoms with van der Waals surface area (Å²) < 4.78 is 16.4. The van der Waals surface area contributed by atoms with Crippen LogP contribution in [-0.4, -0.2) is 55.1 Å². The maximum atomic E-state index is 15.5. The first-order chi connectivity index (χ1) is 28.0. The van der Waals surface area contributed by atoms with Gasteiger partial charge in [0, 0.05) is 10.9 Å². The van der Waals surface area contributed by atoms with Crippen molar-refractivity contribution in [3.8, 4) is 23.0 Å². The van der Waals surface area contributed by atoms with Crippen LogP contribution < -0.4 is 24.5 Å². The number of imide groups is 2. The Balaban J connectivity index is 1.31. The fourth-order valence-electron chi connectivity index (χ4n) is 9.32. The molecule has 8 rings (SSSR count). The van der Waals surface area contributed by atoms with Gasteiger partial charge in [-0.1, -0.05) is 83.9 Å². The molecule has 6 unspecified atom stereocenters. The van der Waals surface area contributed by atoms with Gasteiger partial charge in [-0.25, -0.2) is 0 Å². The maximum absolute atomic E-state index is 15.5. The molecule has 4 aliphatic rings. The number of ether oxygens (including phenoxy) is 3. The number of hydrazine groups is 1. The number of fused-ring (bicyclic) bond motifs is 4. The van der Waals surface area contributed by atoms with Gasteiger partial charge in [-0.05, 0) is 90.0 Å². The number of carbonyl (C=O) groups is 4. The van der Waals surface area contributed by atoms with Gasteiger partial charge in [-0.15, -0.1) is 0 Å². The van der Waals surface area contributed by atoms with E-state index in [4.69, 9.17) is 37.4 Å². The largest absolute Gasteiger partial charge is 0.502 e. The number of methoxy groups -OCH3 is 3. The Kier molecular flexibility index (Phi) is 10.1. The lowest BCUT2D eigenvalue weighted by molar-refractivity contribution is -0.139.